The number of ether oxygens (including phenoxy) is 1. The van der Waals surface area contributed by atoms with E-state index in [0.717, 1.165) is 0 Å². The van der Waals surface area contributed by atoms with E-state index in [1.54, 1.807) is 30.3 Å². The molecule has 2 N–H and O–H groups in total. The monoisotopic (exact) mass is 570 g/mol. The molecule has 0 saturated heterocycles. The minimum Gasteiger partial charge on any atom is -0.405 e. The molecule has 3 aromatic heterocycles. The molecular weight excluding hydrogens is 549 g/mol. The van der Waals surface area contributed by atoms with Gasteiger partial charge >= 0.3 is 6.36 Å². The lowest BCUT2D eigenvalue weighted by molar-refractivity contribution is -0.274. The van der Waals surface area contributed by atoms with Gasteiger partial charge < -0.3 is 10.1 Å². The molecule has 1 atom stereocenters. The number of carbonyl (C=O) groups excluding carboxylic acids is 1. The summed E-state index contributed by atoms with van der Waals surface area (Å²) in [6.45, 7) is 3.95. The smallest absolute Gasteiger partial charge is 0.405 e. The zero-order valence-electron chi connectivity index (χ0n) is 21.1. The van der Waals surface area contributed by atoms with Crippen LogP contribution >= 0.6 is 11.6 Å². The highest BCUT2D eigenvalue weighted by Gasteiger charge is 2.33. The van der Waals surface area contributed by atoms with Gasteiger partial charge in [-0.15, -0.1) is 23.4 Å². The van der Waals surface area contributed by atoms with Crippen molar-refractivity contribution in [3.8, 4) is 22.7 Å². The highest BCUT2D eigenvalue weighted by Crippen LogP contribution is 2.36. The van der Waals surface area contributed by atoms with Gasteiger partial charge in [0.2, 0.25) is 0 Å². The van der Waals surface area contributed by atoms with Gasteiger partial charge in [-0.25, -0.2) is 4.68 Å². The summed E-state index contributed by atoms with van der Waals surface area (Å²) in [4.78, 5) is 17.8. The minimum absolute atomic E-state index is 0.0482. The Kier molecular flexibility index (Phi) is 7.39. The second kappa shape index (κ2) is 10.9. The number of hydrogen-bond donors (Lipinski definition) is 2. The maximum Gasteiger partial charge on any atom is 0.573 e. The Bertz CT molecular complexity index is 1650. The van der Waals surface area contributed by atoms with Gasteiger partial charge in [0.1, 0.15) is 5.75 Å². The third-order valence-electron chi connectivity index (χ3n) is 5.93. The first kappa shape index (κ1) is 27.1. The first-order valence-corrected chi connectivity index (χ1v) is 12.5. The van der Waals surface area contributed by atoms with E-state index in [1.807, 2.05) is 13.8 Å². The van der Waals surface area contributed by atoms with Gasteiger partial charge in [-0.05, 0) is 54.8 Å². The summed E-state index contributed by atoms with van der Waals surface area (Å²) in [5.41, 5.74) is 1.21. The van der Waals surface area contributed by atoms with Gasteiger partial charge in [-0.1, -0.05) is 42.8 Å². The number of rotatable bonds is 8. The van der Waals surface area contributed by atoms with Crippen molar-refractivity contribution in [1.29, 1.82) is 0 Å². The Balaban J connectivity index is 1.64. The lowest BCUT2D eigenvalue weighted by atomic mass is 10.0. The van der Waals surface area contributed by atoms with Crippen LogP contribution in [0.2, 0.25) is 5.02 Å². The fourth-order valence-corrected chi connectivity index (χ4v) is 4.47. The first-order chi connectivity index (χ1) is 19.1. The lowest BCUT2D eigenvalue weighted by Crippen LogP contribution is -2.30. The Morgan fingerprint density at radius 2 is 1.95 bits per heavy atom. The minimum atomic E-state index is -4.93. The second-order valence-electron chi connectivity index (χ2n) is 9.29. The van der Waals surface area contributed by atoms with Gasteiger partial charge in [0, 0.05) is 22.2 Å². The summed E-state index contributed by atoms with van der Waals surface area (Å²) in [5, 5.41) is 22.4. The van der Waals surface area contributed by atoms with E-state index in [4.69, 9.17) is 11.6 Å². The normalized spacial score (nSPS) is 12.6. The molecule has 206 valence electrons. The molecule has 3 heterocycles. The molecular formula is C26H22ClF3N8O2. The largest absolute Gasteiger partial charge is 0.573 e. The van der Waals surface area contributed by atoms with Crippen molar-refractivity contribution >= 4 is 28.4 Å². The van der Waals surface area contributed by atoms with E-state index >= 15 is 0 Å². The number of hydrogen-bond acceptors (Lipinski definition) is 7. The predicted molar refractivity (Wildman–Crippen MR) is 140 cm³/mol. The molecule has 0 spiro atoms. The maximum absolute atomic E-state index is 13.5. The molecule has 0 aliphatic heterocycles. The molecule has 0 aliphatic rings. The predicted octanol–water partition coefficient (Wildman–Crippen LogP) is 5.67. The lowest BCUT2D eigenvalue weighted by Gasteiger charge is -2.16. The summed E-state index contributed by atoms with van der Waals surface area (Å²) < 4.78 is 45.5. The van der Waals surface area contributed by atoms with Crippen molar-refractivity contribution in [2.75, 3.05) is 0 Å². The summed E-state index contributed by atoms with van der Waals surface area (Å²) in [6, 6.07) is 13.1. The number of nitrogens with zero attached hydrogens (tertiary/aromatic N) is 6. The topological polar surface area (TPSA) is 123 Å². The number of para-hydroxylation sites is 1. The molecule has 1 amide bonds. The van der Waals surface area contributed by atoms with Crippen LogP contribution < -0.4 is 10.1 Å². The Hall–Kier alpha value is -4.52. The van der Waals surface area contributed by atoms with Crippen LogP contribution in [0.1, 0.15) is 42.6 Å². The van der Waals surface area contributed by atoms with E-state index in [9.17, 15) is 18.0 Å². The van der Waals surface area contributed by atoms with E-state index in [1.165, 1.54) is 35.1 Å². The van der Waals surface area contributed by atoms with Crippen LogP contribution in [0.5, 0.6) is 5.75 Å². The molecule has 0 aliphatic carbocycles. The molecule has 0 bridgehead atoms. The molecule has 40 heavy (non-hydrogen) atoms. The van der Waals surface area contributed by atoms with Crippen molar-refractivity contribution in [2.45, 2.75) is 32.7 Å². The molecule has 5 rings (SSSR count). The number of amides is 1. The van der Waals surface area contributed by atoms with Crippen LogP contribution in [0, 0.1) is 5.92 Å². The number of aromatic nitrogens is 7. The summed E-state index contributed by atoms with van der Waals surface area (Å²) in [6.07, 6.45) is -2.90. The molecule has 2 aromatic carbocycles. The van der Waals surface area contributed by atoms with E-state index < -0.39 is 24.1 Å². The van der Waals surface area contributed by atoms with Crippen LogP contribution in [0.15, 0.2) is 60.8 Å². The highest BCUT2D eigenvalue weighted by molar-refractivity contribution is 6.31. The van der Waals surface area contributed by atoms with Crippen LogP contribution in [0.25, 0.3) is 27.8 Å². The SMILES string of the molecule is CC(C)C[C@H](NC(=O)c1cc(-c2ccccc2OC(F)(F)F)n(-c2ccnc3cc(Cl)ccc23)n1)c1nn[nH]n1. The maximum atomic E-state index is 13.5. The van der Waals surface area contributed by atoms with E-state index in [-0.39, 0.29) is 22.9 Å². The van der Waals surface area contributed by atoms with Crippen molar-refractivity contribution in [2.24, 2.45) is 5.92 Å². The third kappa shape index (κ3) is 5.88. The first-order valence-electron chi connectivity index (χ1n) is 12.1. The Morgan fingerprint density at radius 3 is 2.67 bits per heavy atom. The average Bonchev–Trinajstić information content (AvgIpc) is 3.58. The fourth-order valence-electron chi connectivity index (χ4n) is 4.30. The average molecular weight is 571 g/mol. The van der Waals surface area contributed by atoms with Crippen LogP contribution in [-0.4, -0.2) is 47.7 Å². The highest BCUT2D eigenvalue weighted by atomic mass is 35.5. The number of carbonyl (C=O) groups is 1. The van der Waals surface area contributed by atoms with Crippen LogP contribution in [0.3, 0.4) is 0 Å². The Labute approximate surface area is 230 Å². The van der Waals surface area contributed by atoms with Gasteiger partial charge in [0.25, 0.3) is 5.91 Å². The number of benzene rings is 2. The summed E-state index contributed by atoms with van der Waals surface area (Å²) >= 11 is 6.14. The number of tetrazole rings is 1. The second-order valence-corrected chi connectivity index (χ2v) is 9.72. The van der Waals surface area contributed by atoms with Crippen LogP contribution in [0.4, 0.5) is 13.2 Å². The van der Waals surface area contributed by atoms with Gasteiger partial charge in [0.15, 0.2) is 11.5 Å². The van der Waals surface area contributed by atoms with E-state index in [2.05, 4.69) is 40.8 Å². The van der Waals surface area contributed by atoms with E-state index in [0.29, 0.717) is 33.9 Å². The zero-order chi connectivity index (χ0) is 28.4. The summed E-state index contributed by atoms with van der Waals surface area (Å²) in [5.74, 6) is -0.555. The van der Waals surface area contributed by atoms with Crippen molar-refractivity contribution in [3.63, 3.8) is 0 Å². The quantitative estimate of drug-likeness (QED) is 0.246. The molecule has 14 heteroatoms. The number of fused-ring (bicyclic) bond motifs is 1. The molecule has 0 radical (unpaired) electrons. The number of H-pyrrole nitrogens is 1. The van der Waals surface area contributed by atoms with Gasteiger partial charge in [-0.2, -0.15) is 10.3 Å². The van der Waals surface area contributed by atoms with Gasteiger partial charge in [0.05, 0.1) is 22.9 Å². The third-order valence-corrected chi connectivity index (χ3v) is 6.16. The number of nitrogens with one attached hydrogen (secondary N) is 2. The standard InChI is InChI=1S/C26H22ClF3N8O2/c1-14(2)11-19(24-33-36-37-34-24)32-25(39)20-13-22(17-5-3-4-6-23(17)40-26(28,29)30)38(35-20)21-9-10-31-18-12-15(27)7-8-16(18)21/h3-10,12-14,19H,11H2,1-2H3,(H,32,39)(H,33,34,36,37)/t19-/m0/s1. The number of halogens is 4. The molecule has 0 fully saturated rings. The molecule has 5 aromatic rings. The molecule has 10 nitrogen and oxygen atoms in total. The van der Waals surface area contributed by atoms with Crippen LogP contribution in [-0.2, 0) is 0 Å². The van der Waals surface area contributed by atoms with Crippen molar-refractivity contribution in [3.05, 3.63) is 77.3 Å². The van der Waals surface area contributed by atoms with Gasteiger partial charge in [-0.3, -0.25) is 9.78 Å². The molecule has 0 saturated carbocycles. The number of alkyl halides is 3. The van der Waals surface area contributed by atoms with Crippen molar-refractivity contribution in [1.82, 2.24) is 40.7 Å². The van der Waals surface area contributed by atoms with Crippen molar-refractivity contribution < 1.29 is 22.7 Å². The fraction of sp³-hybridized carbons (Fsp3) is 0.231. The number of pyridine rings is 1. The Morgan fingerprint density at radius 1 is 1.15 bits per heavy atom. The zero-order valence-corrected chi connectivity index (χ0v) is 21.9. The molecule has 0 unspecified atom stereocenters. The summed E-state index contributed by atoms with van der Waals surface area (Å²) in [7, 11) is 0. The number of aromatic amines is 1.